The largest absolute Gasteiger partial charge is 0.435 e. The second-order valence-electron chi connectivity index (χ2n) is 3.42. The van der Waals surface area contributed by atoms with Crippen molar-refractivity contribution in [3.05, 3.63) is 29.3 Å². The Labute approximate surface area is 107 Å². The fourth-order valence-electron chi connectivity index (χ4n) is 1.46. The van der Waals surface area contributed by atoms with Gasteiger partial charge < -0.3 is 4.74 Å². The van der Waals surface area contributed by atoms with Gasteiger partial charge in [-0.25, -0.2) is 0 Å². The van der Waals surface area contributed by atoms with E-state index in [9.17, 15) is 13.6 Å². The van der Waals surface area contributed by atoms with Gasteiger partial charge in [0.2, 0.25) is 0 Å². The molecule has 0 spiro atoms. The van der Waals surface area contributed by atoms with Gasteiger partial charge in [-0.3, -0.25) is 4.79 Å². The number of carbonyl (C=O) groups is 1. The maximum absolute atomic E-state index is 12.2. The normalized spacial score (nSPS) is 10.6. The summed E-state index contributed by atoms with van der Waals surface area (Å²) in [6, 6.07) is 4.68. The smallest absolute Gasteiger partial charge is 0.387 e. The number of hydrogen-bond donors (Lipinski definition) is 0. The van der Waals surface area contributed by atoms with Crippen LogP contribution in [0.15, 0.2) is 18.2 Å². The SMILES string of the molecule is CCc1ccc(C(=O)CCBr)cc1OC(F)F. The highest BCUT2D eigenvalue weighted by Crippen LogP contribution is 2.23. The van der Waals surface area contributed by atoms with E-state index >= 15 is 0 Å². The zero-order valence-electron chi connectivity index (χ0n) is 9.38. The number of ether oxygens (including phenoxy) is 1. The zero-order valence-corrected chi connectivity index (χ0v) is 11.0. The molecule has 1 aromatic rings. The average molecular weight is 307 g/mol. The molecule has 0 radical (unpaired) electrons. The van der Waals surface area contributed by atoms with Crippen LogP contribution in [0, 0.1) is 0 Å². The maximum Gasteiger partial charge on any atom is 0.387 e. The Morgan fingerprint density at radius 3 is 2.71 bits per heavy atom. The highest BCUT2D eigenvalue weighted by Gasteiger charge is 2.12. The fourth-order valence-corrected chi connectivity index (χ4v) is 1.82. The molecule has 0 heterocycles. The second-order valence-corrected chi connectivity index (χ2v) is 4.21. The average Bonchev–Trinajstić information content (AvgIpc) is 2.28. The molecule has 0 atom stereocenters. The summed E-state index contributed by atoms with van der Waals surface area (Å²) in [7, 11) is 0. The van der Waals surface area contributed by atoms with Crippen molar-refractivity contribution >= 4 is 21.7 Å². The number of rotatable bonds is 6. The first-order valence-electron chi connectivity index (χ1n) is 5.25. The van der Waals surface area contributed by atoms with Crippen molar-refractivity contribution in [2.45, 2.75) is 26.4 Å². The molecule has 5 heteroatoms. The van der Waals surface area contributed by atoms with Crippen LogP contribution in [0.3, 0.4) is 0 Å². The molecule has 0 aliphatic heterocycles. The number of halogens is 3. The summed E-state index contributed by atoms with van der Waals surface area (Å²) in [6.45, 7) is -1.03. The Kier molecular flexibility index (Phi) is 5.55. The van der Waals surface area contributed by atoms with E-state index in [-0.39, 0.29) is 11.5 Å². The minimum Gasteiger partial charge on any atom is -0.435 e. The van der Waals surface area contributed by atoms with E-state index in [2.05, 4.69) is 20.7 Å². The highest BCUT2D eigenvalue weighted by molar-refractivity contribution is 9.09. The third-order valence-electron chi connectivity index (χ3n) is 2.31. The molecular formula is C12H13BrF2O2. The van der Waals surface area contributed by atoms with Crippen LogP contribution in [0.4, 0.5) is 8.78 Å². The van der Waals surface area contributed by atoms with Gasteiger partial charge in [0.1, 0.15) is 5.75 Å². The monoisotopic (exact) mass is 306 g/mol. The van der Waals surface area contributed by atoms with E-state index in [0.29, 0.717) is 29.3 Å². The number of aryl methyl sites for hydroxylation is 1. The van der Waals surface area contributed by atoms with E-state index in [4.69, 9.17) is 0 Å². The lowest BCUT2D eigenvalue weighted by molar-refractivity contribution is -0.0504. The summed E-state index contributed by atoms with van der Waals surface area (Å²) in [5.41, 5.74) is 1.07. The number of alkyl halides is 3. The van der Waals surface area contributed by atoms with Crippen LogP contribution in [0.1, 0.15) is 29.3 Å². The summed E-state index contributed by atoms with van der Waals surface area (Å²) < 4.78 is 28.8. The van der Waals surface area contributed by atoms with Crippen molar-refractivity contribution in [3.63, 3.8) is 0 Å². The maximum atomic E-state index is 12.2. The Bertz CT molecular complexity index is 394. The van der Waals surface area contributed by atoms with Gasteiger partial charge in [-0.2, -0.15) is 8.78 Å². The van der Waals surface area contributed by atoms with Crippen LogP contribution in [0.25, 0.3) is 0 Å². The standard InChI is InChI=1S/C12H13BrF2O2/c1-2-8-3-4-9(10(16)5-6-13)7-11(8)17-12(14)15/h3-4,7,12H,2,5-6H2,1H3. The van der Waals surface area contributed by atoms with Crippen molar-refractivity contribution in [3.8, 4) is 5.75 Å². The van der Waals surface area contributed by atoms with E-state index in [1.54, 1.807) is 12.1 Å². The van der Waals surface area contributed by atoms with Crippen LogP contribution in [0.2, 0.25) is 0 Å². The lowest BCUT2D eigenvalue weighted by atomic mass is 10.0. The minimum atomic E-state index is -2.87. The summed E-state index contributed by atoms with van der Waals surface area (Å²) in [5.74, 6) is -0.00781. The molecule has 0 unspecified atom stereocenters. The van der Waals surface area contributed by atoms with Gasteiger partial charge in [-0.15, -0.1) is 0 Å². The van der Waals surface area contributed by atoms with Crippen LogP contribution in [-0.4, -0.2) is 17.7 Å². The molecule has 94 valence electrons. The van der Waals surface area contributed by atoms with Crippen molar-refractivity contribution in [2.75, 3.05) is 5.33 Å². The predicted octanol–water partition coefficient (Wildman–Crippen LogP) is 3.82. The molecule has 0 bridgehead atoms. The summed E-state index contributed by atoms with van der Waals surface area (Å²) in [6.07, 6.45) is 0.911. The van der Waals surface area contributed by atoms with Crippen LogP contribution < -0.4 is 4.74 Å². The fraction of sp³-hybridized carbons (Fsp3) is 0.417. The Hall–Kier alpha value is -0.970. The van der Waals surface area contributed by atoms with Crippen molar-refractivity contribution in [2.24, 2.45) is 0 Å². The summed E-state index contributed by atoms with van der Waals surface area (Å²) in [4.78, 5) is 11.6. The molecule has 0 saturated heterocycles. The van der Waals surface area contributed by atoms with Crippen molar-refractivity contribution in [1.29, 1.82) is 0 Å². The zero-order chi connectivity index (χ0) is 12.8. The summed E-state index contributed by atoms with van der Waals surface area (Å²) in [5, 5.41) is 0.548. The molecule has 0 saturated carbocycles. The molecular weight excluding hydrogens is 294 g/mol. The van der Waals surface area contributed by atoms with Crippen LogP contribution in [0.5, 0.6) is 5.75 Å². The Morgan fingerprint density at radius 2 is 2.18 bits per heavy atom. The highest BCUT2D eigenvalue weighted by atomic mass is 79.9. The van der Waals surface area contributed by atoms with Crippen LogP contribution >= 0.6 is 15.9 Å². The number of carbonyl (C=O) groups excluding carboxylic acids is 1. The Morgan fingerprint density at radius 1 is 1.47 bits per heavy atom. The van der Waals surface area contributed by atoms with E-state index in [1.165, 1.54) is 6.07 Å². The quantitative estimate of drug-likeness (QED) is 0.590. The van der Waals surface area contributed by atoms with Crippen molar-refractivity contribution < 1.29 is 18.3 Å². The lowest BCUT2D eigenvalue weighted by Crippen LogP contribution is -2.06. The van der Waals surface area contributed by atoms with Gasteiger partial charge >= 0.3 is 6.61 Å². The van der Waals surface area contributed by atoms with E-state index in [1.807, 2.05) is 6.92 Å². The number of Topliss-reactive ketones (excluding diaryl/α,β-unsaturated/α-hetero) is 1. The third-order valence-corrected chi connectivity index (χ3v) is 2.70. The molecule has 0 N–H and O–H groups in total. The second kappa shape index (κ2) is 6.69. The van der Waals surface area contributed by atoms with E-state index < -0.39 is 6.61 Å². The number of ketones is 1. The molecule has 0 aromatic heterocycles. The lowest BCUT2D eigenvalue weighted by Gasteiger charge is -2.10. The van der Waals surface area contributed by atoms with E-state index in [0.717, 1.165) is 0 Å². The van der Waals surface area contributed by atoms with Gasteiger partial charge in [0.25, 0.3) is 0 Å². The molecule has 17 heavy (non-hydrogen) atoms. The molecule has 1 aromatic carbocycles. The minimum absolute atomic E-state index is 0.0860. The van der Waals surface area contributed by atoms with Crippen LogP contribution in [-0.2, 0) is 6.42 Å². The first kappa shape index (κ1) is 14.1. The first-order chi connectivity index (χ1) is 8.08. The van der Waals surface area contributed by atoms with Gasteiger partial charge in [0, 0.05) is 17.3 Å². The predicted molar refractivity (Wildman–Crippen MR) is 65.2 cm³/mol. The third kappa shape index (κ3) is 4.07. The van der Waals surface area contributed by atoms with Crippen molar-refractivity contribution in [1.82, 2.24) is 0 Å². The molecule has 0 aliphatic carbocycles. The topological polar surface area (TPSA) is 26.3 Å². The first-order valence-corrected chi connectivity index (χ1v) is 6.37. The molecule has 2 nitrogen and oxygen atoms in total. The van der Waals surface area contributed by atoms with Gasteiger partial charge in [-0.1, -0.05) is 35.0 Å². The van der Waals surface area contributed by atoms with Gasteiger partial charge in [0.15, 0.2) is 5.78 Å². The van der Waals surface area contributed by atoms with Gasteiger partial charge in [0.05, 0.1) is 0 Å². The van der Waals surface area contributed by atoms with Gasteiger partial charge in [-0.05, 0) is 18.1 Å². The summed E-state index contributed by atoms with van der Waals surface area (Å²) >= 11 is 3.16. The molecule has 0 fully saturated rings. The molecule has 0 aliphatic rings. The number of benzene rings is 1. The molecule has 0 amide bonds. The Balaban J connectivity index is 2.99. The number of hydrogen-bond acceptors (Lipinski definition) is 2. The molecule has 1 rings (SSSR count).